The van der Waals surface area contributed by atoms with E-state index in [1.54, 1.807) is 49.1 Å². The van der Waals surface area contributed by atoms with E-state index in [1.165, 1.54) is 12.8 Å². The molecule has 4 aliphatic rings. The lowest BCUT2D eigenvalue weighted by atomic mass is 9.88. The summed E-state index contributed by atoms with van der Waals surface area (Å²) < 4.78 is 17.5. The monoisotopic (exact) mass is 676 g/mol. The molecule has 0 aromatic carbocycles. The lowest BCUT2D eigenvalue weighted by Gasteiger charge is -2.37. The zero-order valence-electron chi connectivity index (χ0n) is 29.8. The number of allylic oxidation sites excluding steroid dienone is 2. The molecule has 0 spiro atoms. The Labute approximate surface area is 286 Å². The molecule has 1 aliphatic carbocycles. The van der Waals surface area contributed by atoms with Crippen LogP contribution in [0.3, 0.4) is 0 Å². The van der Waals surface area contributed by atoms with Crippen LogP contribution < -0.4 is 0 Å². The van der Waals surface area contributed by atoms with Crippen molar-refractivity contribution in [2.45, 2.75) is 134 Å². The molecule has 272 valence electrons. The first kappa shape index (κ1) is 38.5. The minimum Gasteiger partial charge on any atom is -0.457 e. The van der Waals surface area contributed by atoms with E-state index in [0.717, 1.165) is 25.6 Å². The number of hydrogen-bond acceptors (Lipinski definition) is 10. The highest BCUT2D eigenvalue weighted by Gasteiger charge is 2.47. The second kappa shape index (κ2) is 16.6. The molecule has 1 amide bonds. The van der Waals surface area contributed by atoms with Crippen LogP contribution in [0.4, 0.5) is 4.79 Å². The molecule has 3 heterocycles. The molecule has 11 heteroatoms. The molecular formula is C37H60N2O9. The van der Waals surface area contributed by atoms with E-state index >= 15 is 0 Å². The van der Waals surface area contributed by atoms with E-state index in [2.05, 4.69) is 4.90 Å². The maximum atomic E-state index is 13.3. The van der Waals surface area contributed by atoms with Gasteiger partial charge in [-0.25, -0.2) is 4.79 Å². The summed E-state index contributed by atoms with van der Waals surface area (Å²) in [6, 6.07) is 0. The van der Waals surface area contributed by atoms with Crippen LogP contribution in [0.1, 0.15) is 86.5 Å². The van der Waals surface area contributed by atoms with E-state index in [-0.39, 0.29) is 43.3 Å². The van der Waals surface area contributed by atoms with Crippen LogP contribution in [0.25, 0.3) is 0 Å². The summed E-state index contributed by atoms with van der Waals surface area (Å²) in [7, 11) is 0. The first-order chi connectivity index (χ1) is 22.6. The van der Waals surface area contributed by atoms with Gasteiger partial charge in [0.2, 0.25) is 0 Å². The van der Waals surface area contributed by atoms with Crippen molar-refractivity contribution in [3.05, 3.63) is 36.0 Å². The average molecular weight is 677 g/mol. The fourth-order valence-corrected chi connectivity index (χ4v) is 6.76. The molecule has 48 heavy (non-hydrogen) atoms. The van der Waals surface area contributed by atoms with Crippen LogP contribution in [0, 0.1) is 17.8 Å². The molecule has 11 nitrogen and oxygen atoms in total. The smallest absolute Gasteiger partial charge is 0.410 e. The van der Waals surface area contributed by atoms with Gasteiger partial charge < -0.3 is 39.5 Å². The minimum atomic E-state index is -1.48. The number of rotatable bonds is 11. The summed E-state index contributed by atoms with van der Waals surface area (Å²) in [5.74, 6) is -0.146. The molecule has 1 saturated carbocycles. The number of nitrogens with zero attached hydrogens (tertiary/aromatic N) is 2. The van der Waals surface area contributed by atoms with E-state index in [4.69, 9.17) is 14.2 Å². The maximum absolute atomic E-state index is 13.3. The van der Waals surface area contributed by atoms with Crippen LogP contribution >= 0.6 is 0 Å². The van der Waals surface area contributed by atoms with E-state index < -0.39 is 47.7 Å². The molecule has 3 fully saturated rings. The van der Waals surface area contributed by atoms with Gasteiger partial charge in [-0.2, -0.15) is 0 Å². The molecule has 0 radical (unpaired) electrons. The van der Waals surface area contributed by atoms with Gasteiger partial charge in [-0.15, -0.1) is 0 Å². The Morgan fingerprint density at radius 1 is 1.21 bits per heavy atom. The van der Waals surface area contributed by atoms with Crippen molar-refractivity contribution in [1.82, 2.24) is 9.80 Å². The Kier molecular flexibility index (Phi) is 13.3. The SMILES string of the molecule is CCC(O)C(C)C1OC1CC(C)(O)/C=C/C=C(\C)C1OC(=O)CC(O)CCC(C)(O)C(OC(=O)N2CCN(CC3CC3)CC2)/C=C\C1C. The zero-order chi connectivity index (χ0) is 35.2. The third-order valence-corrected chi connectivity index (χ3v) is 10.4. The van der Waals surface area contributed by atoms with Crippen molar-refractivity contribution in [2.24, 2.45) is 17.8 Å². The largest absolute Gasteiger partial charge is 0.457 e. The Balaban J connectivity index is 1.42. The number of amides is 1. The molecule has 2 saturated heterocycles. The number of esters is 1. The van der Waals surface area contributed by atoms with Crippen LogP contribution in [-0.4, -0.2) is 123 Å². The zero-order valence-corrected chi connectivity index (χ0v) is 29.8. The predicted molar refractivity (Wildman–Crippen MR) is 182 cm³/mol. The summed E-state index contributed by atoms with van der Waals surface area (Å²) in [6.07, 6.45) is 8.40. The second-order valence-corrected chi connectivity index (χ2v) is 15.2. The van der Waals surface area contributed by atoms with Crippen molar-refractivity contribution >= 4 is 12.1 Å². The molecule has 0 aromatic rings. The van der Waals surface area contributed by atoms with Crippen molar-refractivity contribution in [1.29, 1.82) is 0 Å². The molecule has 10 unspecified atom stereocenters. The van der Waals surface area contributed by atoms with Crippen molar-refractivity contribution in [3.63, 3.8) is 0 Å². The number of ether oxygens (including phenoxy) is 3. The topological polar surface area (TPSA) is 153 Å². The van der Waals surface area contributed by atoms with Crippen LogP contribution in [0.5, 0.6) is 0 Å². The Morgan fingerprint density at radius 3 is 2.54 bits per heavy atom. The van der Waals surface area contributed by atoms with E-state index in [1.807, 2.05) is 27.7 Å². The van der Waals surface area contributed by atoms with Crippen molar-refractivity contribution in [3.8, 4) is 0 Å². The van der Waals surface area contributed by atoms with Gasteiger partial charge >= 0.3 is 12.1 Å². The quantitative estimate of drug-likeness (QED) is 0.110. The minimum absolute atomic E-state index is 0.00934. The van der Waals surface area contributed by atoms with Crippen LogP contribution in [-0.2, 0) is 19.0 Å². The first-order valence-electron chi connectivity index (χ1n) is 18.0. The number of cyclic esters (lactones) is 1. The van der Waals surface area contributed by atoms with Gasteiger partial charge in [0, 0.05) is 51.0 Å². The number of piperazine rings is 1. The van der Waals surface area contributed by atoms with Crippen molar-refractivity contribution < 1.29 is 44.2 Å². The van der Waals surface area contributed by atoms with Crippen LogP contribution in [0.2, 0.25) is 0 Å². The fourth-order valence-electron chi connectivity index (χ4n) is 6.76. The number of aliphatic hydroxyl groups is 4. The molecule has 3 aliphatic heterocycles. The lowest BCUT2D eigenvalue weighted by Crippen LogP contribution is -2.51. The van der Waals surface area contributed by atoms with Gasteiger partial charge in [-0.05, 0) is 70.4 Å². The number of carbonyl (C=O) groups is 2. The normalized spacial score (nSPS) is 35.9. The van der Waals surface area contributed by atoms with Gasteiger partial charge in [0.25, 0.3) is 0 Å². The number of epoxide rings is 1. The van der Waals surface area contributed by atoms with Gasteiger partial charge in [-0.1, -0.05) is 45.1 Å². The fraction of sp³-hybridized carbons (Fsp3) is 0.784. The number of carbonyl (C=O) groups excluding carboxylic acids is 2. The molecule has 0 bridgehead atoms. The van der Waals surface area contributed by atoms with Gasteiger partial charge in [0.1, 0.15) is 11.7 Å². The van der Waals surface area contributed by atoms with Gasteiger partial charge in [0.05, 0.1) is 36.4 Å². The molecular weight excluding hydrogens is 616 g/mol. The highest BCUT2D eigenvalue weighted by atomic mass is 16.6. The van der Waals surface area contributed by atoms with Crippen molar-refractivity contribution in [2.75, 3.05) is 32.7 Å². The summed E-state index contributed by atoms with van der Waals surface area (Å²) in [5, 5.41) is 43.2. The predicted octanol–water partition coefficient (Wildman–Crippen LogP) is 3.74. The third-order valence-electron chi connectivity index (χ3n) is 10.4. The Bertz CT molecular complexity index is 1170. The Hall–Kier alpha value is -2.28. The third kappa shape index (κ3) is 11.4. The number of hydrogen-bond donors (Lipinski definition) is 4. The highest BCUT2D eigenvalue weighted by molar-refractivity contribution is 5.70. The first-order valence-corrected chi connectivity index (χ1v) is 18.0. The summed E-state index contributed by atoms with van der Waals surface area (Å²) >= 11 is 0. The maximum Gasteiger partial charge on any atom is 0.410 e. The number of aliphatic hydroxyl groups excluding tert-OH is 2. The molecule has 0 aromatic heterocycles. The molecule has 4 N–H and O–H groups in total. The standard InChI is InChI=1S/C37H60N2O9/c1-7-29(41)26(4)34-30(46-34)22-36(5,44)15-8-9-24(2)33-25(3)10-13-31(37(6,45)16-14-28(40)21-32(42)48-33)47-35(43)39-19-17-38(18-20-39)23-27-11-12-27/h8-10,13,15,25-31,33-34,40-41,44-45H,7,11-12,14,16-23H2,1-6H3/b13-10-,15-8+,24-9+. The average Bonchev–Trinajstić information content (AvgIpc) is 3.97. The second-order valence-electron chi connectivity index (χ2n) is 15.2. The molecule has 4 rings (SSSR count). The summed E-state index contributed by atoms with van der Waals surface area (Å²) in [5.41, 5.74) is -1.92. The van der Waals surface area contributed by atoms with Crippen LogP contribution in [0.15, 0.2) is 36.0 Å². The van der Waals surface area contributed by atoms with E-state index in [0.29, 0.717) is 31.5 Å². The summed E-state index contributed by atoms with van der Waals surface area (Å²) in [6.45, 7) is 14.7. The highest BCUT2D eigenvalue weighted by Crippen LogP contribution is 2.38. The molecule has 10 atom stereocenters. The van der Waals surface area contributed by atoms with Gasteiger partial charge in [-0.3, -0.25) is 9.69 Å². The Morgan fingerprint density at radius 2 is 1.90 bits per heavy atom. The summed E-state index contributed by atoms with van der Waals surface area (Å²) in [4.78, 5) is 30.2. The van der Waals surface area contributed by atoms with Gasteiger partial charge in [0.15, 0.2) is 6.10 Å². The van der Waals surface area contributed by atoms with E-state index in [9.17, 15) is 30.0 Å². The lowest BCUT2D eigenvalue weighted by molar-refractivity contribution is -0.151.